The summed E-state index contributed by atoms with van der Waals surface area (Å²) in [5, 5.41) is 22.2. The lowest BCUT2D eigenvalue weighted by Crippen LogP contribution is -2.60. The van der Waals surface area contributed by atoms with Crippen molar-refractivity contribution in [1.82, 2.24) is 31.5 Å². The molecule has 0 aromatic carbocycles. The molecule has 0 rings (SSSR count). The Bertz CT molecular complexity index is 1230. The van der Waals surface area contributed by atoms with E-state index >= 15 is 0 Å². The first kappa shape index (κ1) is 45.5. The van der Waals surface area contributed by atoms with Crippen LogP contribution in [0.2, 0.25) is 0 Å². The summed E-state index contributed by atoms with van der Waals surface area (Å²) < 4.78 is 15.6. The highest BCUT2D eigenvalue weighted by molar-refractivity contribution is 7.78. The zero-order chi connectivity index (χ0) is 37.9. The molecular formula is C29H52N7O11PS. The van der Waals surface area contributed by atoms with Gasteiger partial charge in [-0.25, -0.2) is 4.57 Å². The average molecular weight is 738 g/mol. The number of thiocarbonyl (C=S) groups is 1. The van der Waals surface area contributed by atoms with Crippen molar-refractivity contribution in [1.29, 1.82) is 0 Å². The van der Waals surface area contributed by atoms with E-state index in [1.54, 1.807) is 6.92 Å². The Morgan fingerprint density at radius 2 is 1.49 bits per heavy atom. The number of aliphatic hydroxyl groups is 1. The van der Waals surface area contributed by atoms with Gasteiger partial charge in [-0.15, -0.1) is 0 Å². The summed E-state index contributed by atoms with van der Waals surface area (Å²) in [4.78, 5) is 96.4. The van der Waals surface area contributed by atoms with E-state index in [9.17, 15) is 38.4 Å². The Morgan fingerprint density at radius 1 is 0.918 bits per heavy atom. The molecule has 0 unspecified atom stereocenters. The number of carbonyl (C=O) groups is 6. The highest BCUT2D eigenvalue weighted by atomic mass is 32.1. The molecule has 0 fully saturated rings. The van der Waals surface area contributed by atoms with Crippen molar-refractivity contribution in [2.75, 3.05) is 19.7 Å². The van der Waals surface area contributed by atoms with E-state index < -0.39 is 74.2 Å². The summed E-state index contributed by atoms with van der Waals surface area (Å²) in [5.41, 5.74) is 6.99. The minimum absolute atomic E-state index is 0.0807. The van der Waals surface area contributed by atoms with E-state index in [1.165, 1.54) is 23.5 Å². The van der Waals surface area contributed by atoms with Gasteiger partial charge in [0.25, 0.3) is 0 Å². The summed E-state index contributed by atoms with van der Waals surface area (Å²) >= 11 is 4.74. The number of rotatable bonds is 24. The number of nitrogens with zero attached hydrogens (tertiary/aromatic N) is 1. The van der Waals surface area contributed by atoms with E-state index in [4.69, 9.17) is 27.7 Å². The molecule has 0 spiro atoms. The maximum Gasteiger partial charge on any atom is 0.469 e. The first-order valence-corrected chi connectivity index (χ1v) is 17.7. The molecule has 0 heterocycles. The lowest BCUT2D eigenvalue weighted by Gasteiger charge is -2.28. The first-order valence-electron chi connectivity index (χ1n) is 15.7. The summed E-state index contributed by atoms with van der Waals surface area (Å²) in [7, 11) is -5.09. The van der Waals surface area contributed by atoms with Crippen LogP contribution in [0, 0.1) is 5.92 Å². The van der Waals surface area contributed by atoms with Crippen LogP contribution in [0.25, 0.3) is 0 Å². The van der Waals surface area contributed by atoms with Gasteiger partial charge < -0.3 is 52.1 Å². The van der Waals surface area contributed by atoms with Crippen LogP contribution in [0.15, 0.2) is 11.8 Å². The molecule has 10 N–H and O–H groups in total. The molecule has 0 aromatic heterocycles. The van der Waals surface area contributed by atoms with Crippen LogP contribution in [0.1, 0.15) is 73.6 Å². The average Bonchev–Trinajstić information content (AvgIpc) is 2.98. The predicted molar refractivity (Wildman–Crippen MR) is 183 cm³/mol. The number of unbranched alkanes of at least 4 members (excludes halogenated alkanes) is 2. The summed E-state index contributed by atoms with van der Waals surface area (Å²) in [5.74, 6) is -5.01. The number of phosphoric ester groups is 1. The van der Waals surface area contributed by atoms with Crippen molar-refractivity contribution in [3.8, 4) is 0 Å². The largest absolute Gasteiger partial charge is 0.469 e. The monoisotopic (exact) mass is 737 g/mol. The van der Waals surface area contributed by atoms with Gasteiger partial charge in [-0.2, -0.15) is 0 Å². The highest BCUT2D eigenvalue weighted by Gasteiger charge is 2.35. The molecule has 0 aliphatic rings. The predicted octanol–water partition coefficient (Wildman–Crippen LogP) is -1.17. The minimum atomic E-state index is -5.09. The summed E-state index contributed by atoms with van der Waals surface area (Å²) in [6.07, 6.45) is 2.42. The summed E-state index contributed by atoms with van der Waals surface area (Å²) in [6, 6.07) is -5.95. The van der Waals surface area contributed by atoms with Crippen molar-refractivity contribution < 1.29 is 52.7 Å². The fourth-order valence-corrected chi connectivity index (χ4v) is 5.10. The smallest absolute Gasteiger partial charge is 0.394 e. The van der Waals surface area contributed by atoms with Crippen LogP contribution in [0.4, 0.5) is 0 Å². The maximum absolute atomic E-state index is 13.6. The molecule has 0 aliphatic heterocycles. The molecule has 280 valence electrons. The molecule has 0 aliphatic carbocycles. The third-order valence-electron chi connectivity index (χ3n) is 6.92. The van der Waals surface area contributed by atoms with Gasteiger partial charge in [0.1, 0.15) is 24.2 Å². The third kappa shape index (κ3) is 19.3. The van der Waals surface area contributed by atoms with Crippen molar-refractivity contribution in [3.63, 3.8) is 0 Å². The lowest BCUT2D eigenvalue weighted by atomic mass is 10.0. The Hall–Kier alpha value is -3.48. The number of nitrogens with two attached hydrogens (primary N) is 1. The Kier molecular flexibility index (Phi) is 21.4. The van der Waals surface area contributed by atoms with Gasteiger partial charge in [0.05, 0.1) is 24.7 Å². The Balaban J connectivity index is 6.10. The van der Waals surface area contributed by atoms with Crippen LogP contribution >= 0.6 is 20.0 Å². The van der Waals surface area contributed by atoms with E-state index in [-0.39, 0.29) is 31.2 Å². The molecule has 20 heteroatoms. The normalized spacial score (nSPS) is 14.8. The fraction of sp³-hybridized carbons (Fsp3) is 0.690. The van der Waals surface area contributed by atoms with Crippen molar-refractivity contribution in [2.45, 2.75) is 104 Å². The third-order valence-corrected chi connectivity index (χ3v) is 7.66. The number of carbonyl (C=O) groups excluding carboxylic acids is 6. The van der Waals surface area contributed by atoms with Gasteiger partial charge in [0.15, 0.2) is 0 Å². The number of amides is 6. The number of hydrogen-bond acceptors (Lipinski definition) is 10. The van der Waals surface area contributed by atoms with Crippen LogP contribution in [-0.2, 0) is 37.9 Å². The van der Waals surface area contributed by atoms with E-state index in [2.05, 4.69) is 31.1 Å². The van der Waals surface area contributed by atoms with E-state index in [1.807, 2.05) is 20.8 Å². The van der Waals surface area contributed by atoms with Crippen LogP contribution in [0.5, 0.6) is 0 Å². The topological polar surface area (TPSA) is 279 Å². The molecule has 0 bridgehead atoms. The molecule has 5 atom stereocenters. The number of aliphatic hydroxyl groups excluding tert-OH is 1. The fourth-order valence-electron chi connectivity index (χ4n) is 4.47. The van der Waals surface area contributed by atoms with Crippen molar-refractivity contribution >= 4 is 61.0 Å². The van der Waals surface area contributed by atoms with Gasteiger partial charge in [-0.1, -0.05) is 51.4 Å². The quantitative estimate of drug-likeness (QED) is 0.0321. The van der Waals surface area contributed by atoms with E-state index in [0.717, 1.165) is 19.8 Å². The molecular weight excluding hydrogens is 685 g/mol. The number of phosphoric acid groups is 1. The van der Waals surface area contributed by atoms with Gasteiger partial charge in [0, 0.05) is 19.7 Å². The zero-order valence-corrected chi connectivity index (χ0v) is 30.5. The van der Waals surface area contributed by atoms with E-state index in [0.29, 0.717) is 18.5 Å². The second-order valence-electron chi connectivity index (χ2n) is 11.9. The minimum Gasteiger partial charge on any atom is -0.394 e. The molecule has 18 nitrogen and oxygen atoms in total. The Morgan fingerprint density at radius 3 is 1.98 bits per heavy atom. The second kappa shape index (κ2) is 23.0. The summed E-state index contributed by atoms with van der Waals surface area (Å²) in [6.45, 7) is 8.79. The number of nitrogens with one attached hydrogen (secondary N) is 5. The van der Waals surface area contributed by atoms with Crippen LogP contribution < -0.4 is 32.3 Å². The maximum atomic E-state index is 13.6. The number of hydrogen-bond donors (Lipinski definition) is 9. The van der Waals surface area contributed by atoms with Gasteiger partial charge >= 0.3 is 7.82 Å². The second-order valence-corrected chi connectivity index (χ2v) is 13.3. The van der Waals surface area contributed by atoms with Crippen LogP contribution in [-0.4, -0.2) is 111 Å². The molecule has 49 heavy (non-hydrogen) atoms. The molecule has 0 saturated carbocycles. The molecule has 0 saturated heterocycles. The van der Waals surface area contributed by atoms with Crippen molar-refractivity contribution in [3.05, 3.63) is 11.8 Å². The molecule has 6 amide bonds. The Labute approximate surface area is 291 Å². The van der Waals surface area contributed by atoms with Gasteiger partial charge in [-0.05, 0) is 39.0 Å². The molecule has 0 radical (unpaired) electrons. The van der Waals surface area contributed by atoms with Crippen LogP contribution in [0.3, 0.4) is 0 Å². The molecule has 0 aromatic rings. The van der Waals surface area contributed by atoms with Gasteiger partial charge in [-0.3, -0.25) is 33.3 Å². The standard InChI is InChI=1S/C29H52N7O11PS/c1-7-8-9-10-36(20(6)38)14-24(39)32-21(11-17(2)3)27(41)33-22(12-18(4)13-31-16-49)28(42)34-23(15-37)29(43)35-25(26(30)40)19(5)47-48(44,45)46/h13,16-17,19,21-23,25,37H,7-12,14-15H2,1-6H3,(H2,30,40)(H,31,49)(H,32,39)(H,33,41)(H,34,42)(H,35,43)(H2,44,45,46)/b18-13+/t19-,21+,22+,23+,25+/m1/s1. The lowest BCUT2D eigenvalue weighted by molar-refractivity contribution is -0.137. The first-order chi connectivity index (χ1) is 22.8. The SMILES string of the molecule is CCCCCN(CC(=O)N[C@@H](CC(C)C)C(=O)N[C@@H](C/C(C)=C/NC=S)C(=O)N[C@@H](CO)C(=O)N[C@H](C(N)=O)[C@@H](C)OP(=O)(O)O)C(C)=O. The zero-order valence-electron chi connectivity index (χ0n) is 28.8. The number of primary amides is 1. The highest BCUT2D eigenvalue weighted by Crippen LogP contribution is 2.38. The van der Waals surface area contributed by atoms with Crippen molar-refractivity contribution in [2.24, 2.45) is 11.7 Å². The van der Waals surface area contributed by atoms with Gasteiger partial charge in [0.2, 0.25) is 35.4 Å².